The van der Waals surface area contributed by atoms with E-state index >= 15 is 0 Å². The Labute approximate surface area is 123 Å². The van der Waals surface area contributed by atoms with Crippen molar-refractivity contribution in [1.82, 2.24) is 10.2 Å². The van der Waals surface area contributed by atoms with Crippen LogP contribution in [0, 0.1) is 0 Å². The van der Waals surface area contributed by atoms with Gasteiger partial charge in [-0.15, -0.1) is 10.2 Å². The normalized spacial score (nSPS) is 11.7. The summed E-state index contributed by atoms with van der Waals surface area (Å²) in [5.74, 6) is -0.325. The quantitative estimate of drug-likeness (QED) is 0.933. The van der Waals surface area contributed by atoms with Gasteiger partial charge in [0, 0.05) is 11.5 Å². The van der Waals surface area contributed by atoms with E-state index in [4.69, 9.17) is 0 Å². The summed E-state index contributed by atoms with van der Waals surface area (Å²) >= 11 is 1.24. The van der Waals surface area contributed by atoms with E-state index in [2.05, 4.69) is 15.5 Å². The summed E-state index contributed by atoms with van der Waals surface area (Å²) in [5.41, 5.74) is -0.665. The third-order valence-electron chi connectivity index (χ3n) is 2.63. The van der Waals surface area contributed by atoms with Crippen LogP contribution in [0.3, 0.4) is 0 Å². The van der Waals surface area contributed by atoms with Crippen LogP contribution in [0.2, 0.25) is 0 Å². The molecule has 1 aromatic carbocycles. The summed E-state index contributed by atoms with van der Waals surface area (Å²) in [6.07, 6.45) is -4.42. The van der Waals surface area contributed by atoms with E-state index in [1.807, 2.05) is 13.8 Å². The summed E-state index contributed by atoms with van der Waals surface area (Å²) in [7, 11) is 0. The average molecular weight is 315 g/mol. The number of benzene rings is 1. The summed E-state index contributed by atoms with van der Waals surface area (Å²) in [6, 6.07) is 3.99. The Morgan fingerprint density at radius 1 is 1.19 bits per heavy atom. The second kappa shape index (κ2) is 5.80. The van der Waals surface area contributed by atoms with E-state index in [1.54, 1.807) is 0 Å². The van der Waals surface area contributed by atoms with Crippen molar-refractivity contribution in [1.29, 1.82) is 0 Å². The monoisotopic (exact) mass is 315 g/mol. The van der Waals surface area contributed by atoms with Gasteiger partial charge >= 0.3 is 6.18 Å². The van der Waals surface area contributed by atoms with Crippen molar-refractivity contribution in [2.24, 2.45) is 0 Å². The van der Waals surface area contributed by atoms with Crippen LogP contribution in [-0.4, -0.2) is 16.1 Å². The molecule has 0 saturated heterocycles. The first kappa shape index (κ1) is 15.4. The second-order valence-electron chi connectivity index (χ2n) is 4.63. The van der Waals surface area contributed by atoms with Gasteiger partial charge in [0.1, 0.15) is 5.01 Å². The highest BCUT2D eigenvalue weighted by Gasteiger charge is 2.30. The number of amides is 1. The number of nitrogens with zero attached hydrogens (tertiary/aromatic N) is 2. The zero-order valence-electron chi connectivity index (χ0n) is 11.2. The smallest absolute Gasteiger partial charge is 0.296 e. The van der Waals surface area contributed by atoms with Gasteiger partial charge < -0.3 is 0 Å². The molecule has 0 saturated carbocycles. The molecular weight excluding hydrogens is 303 g/mol. The van der Waals surface area contributed by atoms with Crippen LogP contribution in [0.1, 0.15) is 40.7 Å². The number of alkyl halides is 3. The summed E-state index contributed by atoms with van der Waals surface area (Å²) in [6.45, 7) is 3.89. The van der Waals surface area contributed by atoms with Gasteiger partial charge in [-0.2, -0.15) is 13.2 Å². The van der Waals surface area contributed by atoms with Crippen LogP contribution in [0.15, 0.2) is 24.3 Å². The maximum absolute atomic E-state index is 12.4. The zero-order chi connectivity index (χ0) is 15.6. The second-order valence-corrected chi connectivity index (χ2v) is 5.64. The van der Waals surface area contributed by atoms with Gasteiger partial charge in [0.2, 0.25) is 5.13 Å². The number of hydrogen-bond acceptors (Lipinski definition) is 4. The van der Waals surface area contributed by atoms with Crippen molar-refractivity contribution in [3.05, 3.63) is 40.4 Å². The third-order valence-corrected chi connectivity index (χ3v) is 3.77. The first-order chi connectivity index (χ1) is 9.77. The lowest BCUT2D eigenvalue weighted by Gasteiger charge is -2.07. The molecular formula is C13H12F3N3OS. The predicted molar refractivity (Wildman–Crippen MR) is 73.4 cm³/mol. The molecule has 8 heteroatoms. The Hall–Kier alpha value is -1.96. The Bertz CT molecular complexity index is 635. The molecule has 2 rings (SSSR count). The fourth-order valence-electron chi connectivity index (χ4n) is 1.50. The zero-order valence-corrected chi connectivity index (χ0v) is 12.0. The first-order valence-electron chi connectivity index (χ1n) is 6.09. The lowest BCUT2D eigenvalue weighted by Crippen LogP contribution is -2.12. The number of carbonyl (C=O) groups excluding carboxylic acids is 1. The topological polar surface area (TPSA) is 54.9 Å². The van der Waals surface area contributed by atoms with Crippen molar-refractivity contribution in [2.45, 2.75) is 25.9 Å². The Balaban J connectivity index is 2.09. The minimum Gasteiger partial charge on any atom is -0.296 e. The number of carbonyl (C=O) groups is 1. The number of hydrogen-bond donors (Lipinski definition) is 1. The molecule has 1 amide bonds. The molecule has 112 valence electrons. The van der Waals surface area contributed by atoms with Crippen molar-refractivity contribution in [2.75, 3.05) is 5.32 Å². The predicted octanol–water partition coefficient (Wildman–Crippen LogP) is 3.93. The molecule has 0 spiro atoms. The van der Waals surface area contributed by atoms with Crippen LogP contribution >= 0.6 is 11.3 Å². The molecule has 1 N–H and O–H groups in total. The van der Waals surface area contributed by atoms with Crippen LogP contribution < -0.4 is 5.32 Å². The lowest BCUT2D eigenvalue weighted by molar-refractivity contribution is -0.137. The molecule has 0 radical (unpaired) electrons. The van der Waals surface area contributed by atoms with Gasteiger partial charge in [0.25, 0.3) is 5.91 Å². The van der Waals surface area contributed by atoms with Crippen LogP contribution in [0.5, 0.6) is 0 Å². The SMILES string of the molecule is CC(C)c1nnc(NC(=O)c2ccc(C(F)(F)F)cc2)s1. The first-order valence-corrected chi connectivity index (χ1v) is 6.91. The van der Waals surface area contributed by atoms with Crippen LogP contribution in [0.25, 0.3) is 0 Å². The minimum absolute atomic E-state index is 0.129. The van der Waals surface area contributed by atoms with Gasteiger partial charge in [0.05, 0.1) is 5.56 Å². The van der Waals surface area contributed by atoms with E-state index in [9.17, 15) is 18.0 Å². The number of rotatable bonds is 3. The molecule has 4 nitrogen and oxygen atoms in total. The van der Waals surface area contributed by atoms with E-state index < -0.39 is 17.6 Å². The molecule has 1 heterocycles. The van der Waals surface area contributed by atoms with Crippen molar-refractivity contribution in [3.8, 4) is 0 Å². The Morgan fingerprint density at radius 3 is 2.29 bits per heavy atom. The van der Waals surface area contributed by atoms with Crippen molar-refractivity contribution >= 4 is 22.4 Å². The summed E-state index contributed by atoms with van der Waals surface area (Å²) in [5, 5.41) is 11.3. The maximum Gasteiger partial charge on any atom is 0.416 e. The van der Waals surface area contributed by atoms with Crippen molar-refractivity contribution in [3.63, 3.8) is 0 Å². The van der Waals surface area contributed by atoms with Crippen LogP contribution in [0.4, 0.5) is 18.3 Å². The number of nitrogens with one attached hydrogen (secondary N) is 1. The molecule has 0 aliphatic rings. The molecule has 0 bridgehead atoms. The molecule has 1 aromatic heterocycles. The van der Waals surface area contributed by atoms with Gasteiger partial charge in [-0.05, 0) is 24.3 Å². The van der Waals surface area contributed by atoms with Gasteiger partial charge in [-0.3, -0.25) is 10.1 Å². The molecule has 0 unspecified atom stereocenters. The number of aromatic nitrogens is 2. The van der Waals surface area contributed by atoms with Crippen LogP contribution in [-0.2, 0) is 6.18 Å². The van der Waals surface area contributed by atoms with Gasteiger partial charge in [-0.25, -0.2) is 0 Å². The minimum atomic E-state index is -4.42. The molecule has 0 atom stereocenters. The highest BCUT2D eigenvalue weighted by atomic mass is 32.1. The van der Waals surface area contributed by atoms with E-state index in [0.29, 0.717) is 5.13 Å². The number of halogens is 3. The number of anilines is 1. The molecule has 2 aromatic rings. The van der Waals surface area contributed by atoms with Gasteiger partial charge in [-0.1, -0.05) is 25.2 Å². The van der Waals surface area contributed by atoms with E-state index in [0.717, 1.165) is 29.3 Å². The van der Waals surface area contributed by atoms with Crippen molar-refractivity contribution < 1.29 is 18.0 Å². The summed E-state index contributed by atoms with van der Waals surface area (Å²) in [4.78, 5) is 11.9. The largest absolute Gasteiger partial charge is 0.416 e. The molecule has 0 aliphatic heterocycles. The van der Waals surface area contributed by atoms with Gasteiger partial charge in [0.15, 0.2) is 0 Å². The fourth-order valence-corrected chi connectivity index (χ4v) is 2.24. The fraction of sp³-hybridized carbons (Fsp3) is 0.308. The Morgan fingerprint density at radius 2 is 1.81 bits per heavy atom. The highest BCUT2D eigenvalue weighted by Crippen LogP contribution is 2.29. The third kappa shape index (κ3) is 3.78. The molecule has 0 fully saturated rings. The van der Waals surface area contributed by atoms with E-state index in [1.165, 1.54) is 11.3 Å². The maximum atomic E-state index is 12.4. The average Bonchev–Trinajstić information content (AvgIpc) is 2.86. The molecule has 21 heavy (non-hydrogen) atoms. The Kier molecular flexibility index (Phi) is 4.26. The summed E-state index contributed by atoms with van der Waals surface area (Å²) < 4.78 is 37.3. The standard InChI is InChI=1S/C13H12F3N3OS/c1-7(2)11-18-19-12(21-11)17-10(20)8-3-5-9(6-4-8)13(14,15)16/h3-7H,1-2H3,(H,17,19,20). The lowest BCUT2D eigenvalue weighted by atomic mass is 10.1. The molecule has 0 aliphatic carbocycles. The van der Waals surface area contributed by atoms with E-state index in [-0.39, 0.29) is 11.5 Å². The highest BCUT2D eigenvalue weighted by molar-refractivity contribution is 7.15.